The van der Waals surface area contributed by atoms with E-state index in [1.165, 1.54) is 0 Å². The summed E-state index contributed by atoms with van der Waals surface area (Å²) in [7, 11) is 0. The molecule has 1 saturated heterocycles. The topological polar surface area (TPSA) is 75.8 Å². The summed E-state index contributed by atoms with van der Waals surface area (Å²) in [5.41, 5.74) is 6.99. The minimum atomic E-state index is -0.559. The van der Waals surface area contributed by atoms with Crippen molar-refractivity contribution >= 4 is 5.91 Å². The van der Waals surface area contributed by atoms with Crippen molar-refractivity contribution < 1.29 is 14.6 Å². The first-order valence-electron chi connectivity index (χ1n) is 7.54. The maximum atomic E-state index is 12.4. The predicted molar refractivity (Wildman–Crippen MR) is 81.0 cm³/mol. The summed E-state index contributed by atoms with van der Waals surface area (Å²) in [4.78, 5) is 14.2. The van der Waals surface area contributed by atoms with Crippen LogP contribution in [0.25, 0.3) is 0 Å². The number of phenolic OH excluding ortho intramolecular Hbond substituents is 1. The third-order valence-corrected chi connectivity index (χ3v) is 3.85. The van der Waals surface area contributed by atoms with Crippen LogP contribution in [0.4, 0.5) is 0 Å². The third kappa shape index (κ3) is 4.44. The van der Waals surface area contributed by atoms with Crippen LogP contribution in [0.15, 0.2) is 24.3 Å². The van der Waals surface area contributed by atoms with E-state index >= 15 is 0 Å². The van der Waals surface area contributed by atoms with Crippen molar-refractivity contribution in [3.8, 4) is 5.75 Å². The Hall–Kier alpha value is -1.59. The van der Waals surface area contributed by atoms with Gasteiger partial charge in [-0.05, 0) is 43.9 Å². The van der Waals surface area contributed by atoms with Gasteiger partial charge in [-0.2, -0.15) is 0 Å². The molecule has 1 aliphatic heterocycles. The van der Waals surface area contributed by atoms with E-state index in [2.05, 4.69) is 0 Å². The average molecular weight is 292 g/mol. The highest BCUT2D eigenvalue weighted by atomic mass is 16.5. The average Bonchev–Trinajstić information content (AvgIpc) is 2.99. The van der Waals surface area contributed by atoms with Gasteiger partial charge in [-0.15, -0.1) is 0 Å². The summed E-state index contributed by atoms with van der Waals surface area (Å²) in [6.07, 6.45) is 2.70. The summed E-state index contributed by atoms with van der Waals surface area (Å²) in [6, 6.07) is 6.24. The Bertz CT molecular complexity index is 455. The highest BCUT2D eigenvalue weighted by molar-refractivity contribution is 5.82. The van der Waals surface area contributed by atoms with Gasteiger partial charge in [-0.3, -0.25) is 4.79 Å². The van der Waals surface area contributed by atoms with Crippen LogP contribution in [-0.2, 0) is 16.0 Å². The zero-order valence-corrected chi connectivity index (χ0v) is 12.5. The lowest BCUT2D eigenvalue weighted by molar-refractivity contribution is -0.133. The van der Waals surface area contributed by atoms with E-state index in [0.717, 1.165) is 25.0 Å². The molecule has 5 nitrogen and oxygen atoms in total. The molecular formula is C16H24N2O3. The Morgan fingerprint density at radius 2 is 2.19 bits per heavy atom. The Kier molecular flexibility index (Phi) is 5.59. The number of likely N-dealkylation sites (N-methyl/N-ethyl adjacent to an activating group) is 1. The second-order valence-electron chi connectivity index (χ2n) is 5.49. The highest BCUT2D eigenvalue weighted by Crippen LogP contribution is 2.15. The van der Waals surface area contributed by atoms with Gasteiger partial charge in [0.05, 0.1) is 12.1 Å². The lowest BCUT2D eigenvalue weighted by Crippen LogP contribution is -2.47. The number of aromatic hydroxyl groups is 1. The molecule has 0 aromatic heterocycles. The standard InChI is InChI=1S/C16H24N2O3/c1-2-18(11-14-4-3-9-21-14)16(20)15(17)10-12-5-7-13(19)8-6-12/h5-8,14-15,19H,2-4,9-11,17H2,1H3/t14?,15-/m0/s1. The predicted octanol–water partition coefficient (Wildman–Crippen LogP) is 1.29. The number of nitrogens with zero attached hydrogens (tertiary/aromatic N) is 1. The molecule has 1 unspecified atom stereocenters. The van der Waals surface area contributed by atoms with E-state index < -0.39 is 6.04 Å². The van der Waals surface area contributed by atoms with E-state index in [1.807, 2.05) is 6.92 Å². The minimum absolute atomic E-state index is 0.0407. The molecule has 0 saturated carbocycles. The Labute approximate surface area is 125 Å². The number of carbonyl (C=O) groups is 1. The zero-order chi connectivity index (χ0) is 15.2. The fourth-order valence-electron chi connectivity index (χ4n) is 2.62. The molecule has 0 spiro atoms. The summed E-state index contributed by atoms with van der Waals surface area (Å²) in [5.74, 6) is 0.174. The van der Waals surface area contributed by atoms with Crippen LogP contribution >= 0.6 is 0 Å². The molecule has 1 aromatic rings. The second-order valence-corrected chi connectivity index (χ2v) is 5.49. The molecule has 3 N–H and O–H groups in total. The molecule has 2 atom stereocenters. The molecule has 116 valence electrons. The normalized spacial score (nSPS) is 19.4. The van der Waals surface area contributed by atoms with E-state index in [0.29, 0.717) is 19.5 Å². The van der Waals surface area contributed by atoms with Crippen LogP contribution < -0.4 is 5.73 Å². The van der Waals surface area contributed by atoms with Crippen LogP contribution in [0.3, 0.4) is 0 Å². The number of phenols is 1. The van der Waals surface area contributed by atoms with Gasteiger partial charge >= 0.3 is 0 Å². The largest absolute Gasteiger partial charge is 0.508 e. The molecule has 2 rings (SSSR count). The fraction of sp³-hybridized carbons (Fsp3) is 0.562. The summed E-state index contributed by atoms with van der Waals surface area (Å²) in [5, 5.41) is 9.27. The molecule has 1 heterocycles. The lowest BCUT2D eigenvalue weighted by atomic mass is 10.0. The summed E-state index contributed by atoms with van der Waals surface area (Å²) < 4.78 is 5.58. The van der Waals surface area contributed by atoms with E-state index in [1.54, 1.807) is 29.2 Å². The molecule has 0 radical (unpaired) electrons. The van der Waals surface area contributed by atoms with E-state index in [-0.39, 0.29) is 17.8 Å². The van der Waals surface area contributed by atoms with Gasteiger partial charge in [0.15, 0.2) is 0 Å². The molecule has 1 fully saturated rings. The van der Waals surface area contributed by atoms with Gasteiger partial charge in [0.25, 0.3) is 0 Å². The molecular weight excluding hydrogens is 268 g/mol. The van der Waals surface area contributed by atoms with Gasteiger partial charge in [0, 0.05) is 19.7 Å². The number of carbonyl (C=O) groups excluding carboxylic acids is 1. The maximum absolute atomic E-state index is 12.4. The van der Waals surface area contributed by atoms with Gasteiger partial charge in [0.1, 0.15) is 5.75 Å². The van der Waals surface area contributed by atoms with Crippen LogP contribution in [0.2, 0.25) is 0 Å². The maximum Gasteiger partial charge on any atom is 0.239 e. The minimum Gasteiger partial charge on any atom is -0.508 e. The van der Waals surface area contributed by atoms with E-state index in [4.69, 9.17) is 10.5 Å². The third-order valence-electron chi connectivity index (χ3n) is 3.85. The van der Waals surface area contributed by atoms with Crippen LogP contribution in [0, 0.1) is 0 Å². The lowest BCUT2D eigenvalue weighted by Gasteiger charge is -2.26. The van der Waals surface area contributed by atoms with Crippen molar-refractivity contribution in [1.82, 2.24) is 4.90 Å². The number of benzene rings is 1. The van der Waals surface area contributed by atoms with Crippen LogP contribution in [-0.4, -0.2) is 47.8 Å². The first-order chi connectivity index (χ1) is 10.1. The Balaban J connectivity index is 1.91. The number of nitrogens with two attached hydrogens (primary N) is 1. The molecule has 0 bridgehead atoms. The van der Waals surface area contributed by atoms with Crippen molar-refractivity contribution in [2.24, 2.45) is 5.73 Å². The van der Waals surface area contributed by atoms with Crippen molar-refractivity contribution in [1.29, 1.82) is 0 Å². The second kappa shape index (κ2) is 7.43. The SMILES string of the molecule is CCN(CC1CCCO1)C(=O)[C@@H](N)Cc1ccc(O)cc1. The molecule has 0 aliphatic carbocycles. The smallest absolute Gasteiger partial charge is 0.239 e. The van der Waals surface area contributed by atoms with Gasteiger partial charge < -0.3 is 20.5 Å². The molecule has 1 aliphatic rings. The molecule has 1 amide bonds. The number of rotatable bonds is 6. The van der Waals surface area contributed by atoms with Crippen molar-refractivity contribution in [3.63, 3.8) is 0 Å². The molecule has 1 aromatic carbocycles. The van der Waals surface area contributed by atoms with Crippen LogP contribution in [0.5, 0.6) is 5.75 Å². The quantitative estimate of drug-likeness (QED) is 0.828. The Morgan fingerprint density at radius 1 is 1.48 bits per heavy atom. The number of ether oxygens (including phenoxy) is 1. The molecule has 5 heteroatoms. The summed E-state index contributed by atoms with van der Waals surface area (Å²) >= 11 is 0. The fourth-order valence-corrected chi connectivity index (χ4v) is 2.62. The number of hydrogen-bond acceptors (Lipinski definition) is 4. The van der Waals surface area contributed by atoms with Gasteiger partial charge in [-0.25, -0.2) is 0 Å². The zero-order valence-electron chi connectivity index (χ0n) is 12.5. The molecule has 21 heavy (non-hydrogen) atoms. The van der Waals surface area contributed by atoms with Gasteiger partial charge in [-0.1, -0.05) is 12.1 Å². The van der Waals surface area contributed by atoms with Crippen molar-refractivity contribution in [3.05, 3.63) is 29.8 Å². The number of amides is 1. The highest BCUT2D eigenvalue weighted by Gasteiger charge is 2.25. The number of hydrogen-bond donors (Lipinski definition) is 2. The van der Waals surface area contributed by atoms with Crippen molar-refractivity contribution in [2.75, 3.05) is 19.7 Å². The first kappa shape index (κ1) is 15.8. The van der Waals surface area contributed by atoms with E-state index in [9.17, 15) is 9.90 Å². The Morgan fingerprint density at radius 3 is 2.76 bits per heavy atom. The summed E-state index contributed by atoms with van der Waals surface area (Å²) in [6.45, 7) is 4.01. The van der Waals surface area contributed by atoms with Gasteiger partial charge in [0.2, 0.25) is 5.91 Å². The first-order valence-corrected chi connectivity index (χ1v) is 7.54. The van der Waals surface area contributed by atoms with Crippen LogP contribution in [0.1, 0.15) is 25.3 Å². The van der Waals surface area contributed by atoms with Crippen molar-refractivity contribution in [2.45, 2.75) is 38.3 Å². The monoisotopic (exact) mass is 292 g/mol.